The van der Waals surface area contributed by atoms with E-state index in [2.05, 4.69) is 44.8 Å². The molecule has 0 spiro atoms. The van der Waals surface area contributed by atoms with Gasteiger partial charge in [-0.15, -0.1) is 0 Å². The van der Waals surface area contributed by atoms with Gasteiger partial charge in [0.05, 0.1) is 0 Å². The van der Waals surface area contributed by atoms with E-state index in [1.807, 2.05) is 0 Å². The number of hydrogen-bond acceptors (Lipinski definition) is 3. The summed E-state index contributed by atoms with van der Waals surface area (Å²) in [6.45, 7) is 7.76. The highest BCUT2D eigenvalue weighted by Gasteiger charge is 2.37. The smallest absolute Gasteiger partial charge is 0.0329 e. The van der Waals surface area contributed by atoms with Crippen LogP contribution in [0.1, 0.15) is 39.5 Å². The zero-order chi connectivity index (χ0) is 13.8. The van der Waals surface area contributed by atoms with E-state index in [1.165, 1.54) is 25.7 Å². The Morgan fingerprint density at radius 1 is 1.11 bits per heavy atom. The van der Waals surface area contributed by atoms with Gasteiger partial charge in [0.1, 0.15) is 0 Å². The monoisotopic (exact) mass is 255 g/mol. The van der Waals surface area contributed by atoms with Crippen LogP contribution in [0.15, 0.2) is 0 Å². The molecule has 3 nitrogen and oxygen atoms in total. The molecule has 0 aromatic rings. The molecule has 0 amide bonds. The molecule has 1 rings (SSSR count). The number of nitrogens with two attached hydrogens (primary N) is 1. The molecule has 0 aromatic heterocycles. The summed E-state index contributed by atoms with van der Waals surface area (Å²) in [4.78, 5) is 4.77. The quantitative estimate of drug-likeness (QED) is 0.788. The van der Waals surface area contributed by atoms with Crippen LogP contribution in [0.3, 0.4) is 0 Å². The summed E-state index contributed by atoms with van der Waals surface area (Å²) in [7, 11) is 6.53. The average Bonchev–Trinajstić information content (AvgIpc) is 2.35. The van der Waals surface area contributed by atoms with Crippen LogP contribution < -0.4 is 5.73 Å². The van der Waals surface area contributed by atoms with Crippen molar-refractivity contribution in [3.8, 4) is 0 Å². The van der Waals surface area contributed by atoms with Crippen LogP contribution in [-0.2, 0) is 0 Å². The Balaban J connectivity index is 2.54. The van der Waals surface area contributed by atoms with Crippen molar-refractivity contribution < 1.29 is 0 Å². The van der Waals surface area contributed by atoms with Gasteiger partial charge in [-0.3, -0.25) is 4.90 Å². The van der Waals surface area contributed by atoms with Gasteiger partial charge in [0.25, 0.3) is 0 Å². The SMILES string of the molecule is CC(C)C1CCC(CN)(N(C)CCN(C)C)CC1. The highest BCUT2D eigenvalue weighted by atomic mass is 15.2. The largest absolute Gasteiger partial charge is 0.329 e. The second-order valence-electron chi connectivity index (χ2n) is 6.73. The summed E-state index contributed by atoms with van der Waals surface area (Å²) in [6, 6.07) is 0. The van der Waals surface area contributed by atoms with Crippen molar-refractivity contribution in [2.24, 2.45) is 17.6 Å². The predicted octanol–water partition coefficient (Wildman–Crippen LogP) is 2.02. The van der Waals surface area contributed by atoms with Crippen molar-refractivity contribution in [3.05, 3.63) is 0 Å². The van der Waals surface area contributed by atoms with Gasteiger partial charge in [0.15, 0.2) is 0 Å². The zero-order valence-electron chi connectivity index (χ0n) is 13.1. The Hall–Kier alpha value is -0.120. The van der Waals surface area contributed by atoms with Gasteiger partial charge in [0.2, 0.25) is 0 Å². The van der Waals surface area contributed by atoms with Gasteiger partial charge >= 0.3 is 0 Å². The standard InChI is InChI=1S/C15H33N3/c1-13(2)14-6-8-15(12-16,9-7-14)18(5)11-10-17(3)4/h13-14H,6-12,16H2,1-5H3. The highest BCUT2D eigenvalue weighted by molar-refractivity contribution is 4.95. The molecule has 18 heavy (non-hydrogen) atoms. The van der Waals surface area contributed by atoms with E-state index >= 15 is 0 Å². The van der Waals surface area contributed by atoms with Gasteiger partial charge in [-0.2, -0.15) is 0 Å². The lowest BCUT2D eigenvalue weighted by molar-refractivity contribution is 0.0512. The molecule has 0 aliphatic heterocycles. The maximum atomic E-state index is 6.11. The van der Waals surface area contributed by atoms with Crippen LogP contribution in [0.4, 0.5) is 0 Å². The van der Waals surface area contributed by atoms with Crippen molar-refractivity contribution in [3.63, 3.8) is 0 Å². The third-order valence-electron chi connectivity index (χ3n) is 4.98. The summed E-state index contributed by atoms with van der Waals surface area (Å²) in [6.07, 6.45) is 5.24. The first-order valence-corrected chi connectivity index (χ1v) is 7.47. The first-order chi connectivity index (χ1) is 8.41. The molecule has 0 unspecified atom stereocenters. The molecule has 108 valence electrons. The van der Waals surface area contributed by atoms with Crippen molar-refractivity contribution in [1.82, 2.24) is 9.80 Å². The molecular formula is C15H33N3. The second kappa shape index (κ2) is 6.88. The maximum Gasteiger partial charge on any atom is 0.0329 e. The summed E-state index contributed by atoms with van der Waals surface area (Å²) < 4.78 is 0. The fourth-order valence-corrected chi connectivity index (χ4v) is 3.17. The van der Waals surface area contributed by atoms with Crippen LogP contribution >= 0.6 is 0 Å². The van der Waals surface area contributed by atoms with Crippen molar-refractivity contribution in [1.29, 1.82) is 0 Å². The van der Waals surface area contributed by atoms with Crippen LogP contribution in [0.2, 0.25) is 0 Å². The van der Waals surface area contributed by atoms with Gasteiger partial charge in [0, 0.05) is 25.2 Å². The van der Waals surface area contributed by atoms with E-state index in [0.29, 0.717) is 0 Å². The van der Waals surface area contributed by atoms with E-state index in [-0.39, 0.29) is 5.54 Å². The minimum absolute atomic E-state index is 0.265. The molecule has 1 saturated carbocycles. The fourth-order valence-electron chi connectivity index (χ4n) is 3.17. The maximum absolute atomic E-state index is 6.11. The average molecular weight is 255 g/mol. The molecule has 1 aliphatic rings. The Kier molecular flexibility index (Phi) is 6.09. The van der Waals surface area contributed by atoms with Gasteiger partial charge < -0.3 is 10.6 Å². The van der Waals surface area contributed by atoms with E-state index in [0.717, 1.165) is 31.5 Å². The summed E-state index contributed by atoms with van der Waals surface area (Å²) in [5, 5.41) is 0. The fraction of sp³-hybridized carbons (Fsp3) is 1.00. The topological polar surface area (TPSA) is 32.5 Å². The molecule has 0 radical (unpaired) electrons. The molecule has 0 heterocycles. The third kappa shape index (κ3) is 3.94. The highest BCUT2D eigenvalue weighted by Crippen LogP contribution is 2.38. The van der Waals surface area contributed by atoms with Gasteiger partial charge in [-0.1, -0.05) is 13.8 Å². The van der Waals surface area contributed by atoms with Crippen molar-refractivity contribution >= 4 is 0 Å². The van der Waals surface area contributed by atoms with Crippen molar-refractivity contribution in [2.75, 3.05) is 40.8 Å². The Labute approximate surface area is 114 Å². The molecule has 0 aromatic carbocycles. The Bertz CT molecular complexity index is 230. The molecule has 1 fully saturated rings. The van der Waals surface area contributed by atoms with Crippen LogP contribution in [0.25, 0.3) is 0 Å². The summed E-state index contributed by atoms with van der Waals surface area (Å²) in [5.74, 6) is 1.74. The minimum Gasteiger partial charge on any atom is -0.329 e. The second-order valence-corrected chi connectivity index (χ2v) is 6.73. The molecule has 0 bridgehead atoms. The van der Waals surface area contributed by atoms with Crippen LogP contribution in [0.5, 0.6) is 0 Å². The molecule has 0 saturated heterocycles. The van der Waals surface area contributed by atoms with E-state index in [4.69, 9.17) is 5.73 Å². The number of nitrogens with zero attached hydrogens (tertiary/aromatic N) is 2. The Morgan fingerprint density at radius 3 is 2.06 bits per heavy atom. The van der Waals surface area contributed by atoms with Crippen molar-refractivity contribution in [2.45, 2.75) is 45.1 Å². The Morgan fingerprint density at radius 2 is 1.67 bits per heavy atom. The zero-order valence-corrected chi connectivity index (χ0v) is 13.1. The molecule has 2 N–H and O–H groups in total. The lowest BCUT2D eigenvalue weighted by Gasteiger charge is -2.47. The summed E-state index contributed by atoms with van der Waals surface area (Å²) >= 11 is 0. The first kappa shape index (κ1) is 15.9. The molecular weight excluding hydrogens is 222 g/mol. The molecule has 1 aliphatic carbocycles. The lowest BCUT2D eigenvalue weighted by atomic mass is 9.72. The lowest BCUT2D eigenvalue weighted by Crippen LogP contribution is -2.55. The van der Waals surface area contributed by atoms with Gasteiger partial charge in [-0.05, 0) is 58.7 Å². The predicted molar refractivity (Wildman–Crippen MR) is 79.8 cm³/mol. The normalized spacial score (nSPS) is 29.5. The first-order valence-electron chi connectivity index (χ1n) is 7.47. The molecule has 3 heteroatoms. The van der Waals surface area contributed by atoms with Gasteiger partial charge in [-0.25, -0.2) is 0 Å². The van der Waals surface area contributed by atoms with E-state index < -0.39 is 0 Å². The van der Waals surface area contributed by atoms with Crippen LogP contribution in [0, 0.1) is 11.8 Å². The van der Waals surface area contributed by atoms with Crippen LogP contribution in [-0.4, -0.2) is 56.1 Å². The third-order valence-corrected chi connectivity index (χ3v) is 4.98. The number of hydrogen-bond donors (Lipinski definition) is 1. The van der Waals surface area contributed by atoms with E-state index in [1.54, 1.807) is 0 Å². The number of likely N-dealkylation sites (N-methyl/N-ethyl adjacent to an activating group) is 2. The van der Waals surface area contributed by atoms with E-state index in [9.17, 15) is 0 Å². The minimum atomic E-state index is 0.265. The molecule has 0 atom stereocenters. The summed E-state index contributed by atoms with van der Waals surface area (Å²) in [5.41, 5.74) is 6.38. The number of rotatable bonds is 6.